The average molecular weight is 300 g/mol. The first-order valence-electron chi connectivity index (χ1n) is 7.13. The Labute approximate surface area is 126 Å². The maximum Gasteiger partial charge on any atom is 0.243 e. The van der Waals surface area contributed by atoms with Crippen molar-refractivity contribution in [3.8, 4) is 0 Å². The number of fused-ring (bicyclic) bond motifs is 1. The molecule has 0 aliphatic carbocycles. The van der Waals surface area contributed by atoms with Crippen LogP contribution in [0.25, 0.3) is 5.65 Å². The number of hydrogen-bond acceptors (Lipinski definition) is 8. The molecule has 1 aliphatic rings. The Balaban J connectivity index is 1.42. The molecule has 0 bridgehead atoms. The molecule has 0 N–H and O–H groups in total. The van der Waals surface area contributed by atoms with Gasteiger partial charge in [-0.25, -0.2) is 0 Å². The summed E-state index contributed by atoms with van der Waals surface area (Å²) in [7, 11) is 2.08. The largest absolute Gasteiger partial charge is 0.352 e. The lowest BCUT2D eigenvalue weighted by Crippen LogP contribution is -2.59. The molecular formula is C13H16N8O. The molecule has 1 aliphatic heterocycles. The van der Waals surface area contributed by atoms with Gasteiger partial charge in [0.1, 0.15) is 12.1 Å². The maximum absolute atomic E-state index is 5.14. The Morgan fingerprint density at radius 2 is 2.23 bits per heavy atom. The summed E-state index contributed by atoms with van der Waals surface area (Å²) in [6, 6.07) is 4.43. The van der Waals surface area contributed by atoms with Crippen molar-refractivity contribution in [2.45, 2.75) is 19.0 Å². The molecule has 114 valence electrons. The van der Waals surface area contributed by atoms with E-state index in [1.54, 1.807) is 10.8 Å². The first-order valence-corrected chi connectivity index (χ1v) is 7.13. The van der Waals surface area contributed by atoms with Crippen molar-refractivity contribution >= 4 is 11.5 Å². The Morgan fingerprint density at radius 3 is 3.00 bits per heavy atom. The third-order valence-electron chi connectivity index (χ3n) is 4.26. The lowest BCUT2D eigenvalue weighted by atomic mass is 10.1. The van der Waals surface area contributed by atoms with Crippen LogP contribution >= 0.6 is 0 Å². The molecule has 9 heteroatoms. The minimum Gasteiger partial charge on any atom is -0.352 e. The third kappa shape index (κ3) is 2.10. The summed E-state index contributed by atoms with van der Waals surface area (Å²) in [4.78, 5) is 8.60. The van der Waals surface area contributed by atoms with Gasteiger partial charge in [0, 0.05) is 19.1 Å². The summed E-state index contributed by atoms with van der Waals surface area (Å²) in [6.07, 6.45) is 3.05. The lowest BCUT2D eigenvalue weighted by Gasteiger charge is -2.45. The molecule has 0 aromatic carbocycles. The third-order valence-corrected chi connectivity index (χ3v) is 4.26. The molecule has 3 aromatic heterocycles. The van der Waals surface area contributed by atoms with Crippen LogP contribution in [-0.4, -0.2) is 61.0 Å². The minimum atomic E-state index is 0.0999. The molecule has 22 heavy (non-hydrogen) atoms. The monoisotopic (exact) mass is 300 g/mol. The first kappa shape index (κ1) is 13.1. The van der Waals surface area contributed by atoms with E-state index < -0.39 is 0 Å². The molecule has 4 rings (SSSR count). The average Bonchev–Trinajstić information content (AvgIpc) is 3.15. The molecule has 0 spiro atoms. The molecule has 1 fully saturated rings. The van der Waals surface area contributed by atoms with Gasteiger partial charge >= 0.3 is 0 Å². The van der Waals surface area contributed by atoms with Crippen molar-refractivity contribution in [2.24, 2.45) is 0 Å². The number of nitrogens with zero attached hydrogens (tertiary/aromatic N) is 8. The first-order chi connectivity index (χ1) is 10.7. The lowest BCUT2D eigenvalue weighted by molar-refractivity contribution is 0.131. The van der Waals surface area contributed by atoms with Crippen LogP contribution in [0, 0.1) is 0 Å². The smallest absolute Gasteiger partial charge is 0.243 e. The van der Waals surface area contributed by atoms with Crippen LogP contribution in [-0.2, 0) is 0 Å². The fraction of sp³-hybridized carbons (Fsp3) is 0.462. The van der Waals surface area contributed by atoms with E-state index in [1.165, 1.54) is 6.33 Å². The maximum atomic E-state index is 5.14. The Morgan fingerprint density at radius 1 is 1.36 bits per heavy atom. The van der Waals surface area contributed by atoms with Crippen LogP contribution in [0.15, 0.2) is 29.3 Å². The van der Waals surface area contributed by atoms with E-state index in [-0.39, 0.29) is 6.04 Å². The highest BCUT2D eigenvalue weighted by molar-refractivity contribution is 5.47. The molecule has 1 unspecified atom stereocenters. The van der Waals surface area contributed by atoms with Crippen LogP contribution in [0.4, 0.5) is 5.82 Å². The van der Waals surface area contributed by atoms with Gasteiger partial charge < -0.3 is 9.42 Å². The standard InChI is InChI=1S/C13H16N8O/c1-9(13-14-7-16-22-13)19(2)10-5-20(6-10)12-4-3-11-17-15-8-21(11)18-12/h3-4,7-10H,5-6H2,1-2H3. The topological polar surface area (TPSA) is 88.5 Å². The van der Waals surface area contributed by atoms with Crippen molar-refractivity contribution in [2.75, 3.05) is 25.0 Å². The number of hydrogen-bond donors (Lipinski definition) is 0. The zero-order chi connectivity index (χ0) is 15.1. The van der Waals surface area contributed by atoms with E-state index in [1.807, 2.05) is 12.1 Å². The van der Waals surface area contributed by atoms with E-state index in [9.17, 15) is 0 Å². The van der Waals surface area contributed by atoms with Crippen molar-refractivity contribution in [3.63, 3.8) is 0 Å². The fourth-order valence-electron chi connectivity index (χ4n) is 2.64. The van der Waals surface area contributed by atoms with Gasteiger partial charge in [0.2, 0.25) is 5.89 Å². The van der Waals surface area contributed by atoms with Gasteiger partial charge in [0.05, 0.1) is 6.04 Å². The predicted octanol–water partition coefficient (Wildman–Crippen LogP) is 0.389. The predicted molar refractivity (Wildman–Crippen MR) is 77.3 cm³/mol. The normalized spacial score (nSPS) is 17.1. The second-order valence-corrected chi connectivity index (χ2v) is 5.50. The zero-order valence-electron chi connectivity index (χ0n) is 12.4. The second-order valence-electron chi connectivity index (χ2n) is 5.50. The van der Waals surface area contributed by atoms with Gasteiger partial charge in [-0.1, -0.05) is 5.16 Å². The summed E-state index contributed by atoms with van der Waals surface area (Å²) >= 11 is 0. The van der Waals surface area contributed by atoms with Crippen LogP contribution in [0.2, 0.25) is 0 Å². The van der Waals surface area contributed by atoms with E-state index in [2.05, 4.69) is 49.2 Å². The van der Waals surface area contributed by atoms with Crippen LogP contribution < -0.4 is 4.90 Å². The quantitative estimate of drug-likeness (QED) is 0.683. The fourth-order valence-corrected chi connectivity index (χ4v) is 2.64. The number of likely N-dealkylation sites (N-methyl/N-ethyl adjacent to an activating group) is 1. The summed E-state index contributed by atoms with van der Waals surface area (Å²) in [6.45, 7) is 3.89. The number of rotatable bonds is 4. The highest BCUT2D eigenvalue weighted by Gasteiger charge is 2.34. The van der Waals surface area contributed by atoms with Crippen molar-refractivity contribution in [1.29, 1.82) is 0 Å². The summed E-state index contributed by atoms with van der Waals surface area (Å²) in [5, 5.41) is 16.0. The molecule has 0 saturated carbocycles. The van der Waals surface area contributed by atoms with E-state index in [0.717, 1.165) is 24.6 Å². The van der Waals surface area contributed by atoms with Crippen molar-refractivity contribution in [3.05, 3.63) is 30.7 Å². The summed E-state index contributed by atoms with van der Waals surface area (Å²) in [5.74, 6) is 1.58. The van der Waals surface area contributed by atoms with E-state index in [0.29, 0.717) is 11.9 Å². The highest BCUT2D eigenvalue weighted by atomic mass is 16.5. The summed E-state index contributed by atoms with van der Waals surface area (Å²) < 4.78 is 6.83. The molecule has 1 atom stereocenters. The molecule has 9 nitrogen and oxygen atoms in total. The second kappa shape index (κ2) is 5.02. The molecule has 1 saturated heterocycles. The zero-order valence-corrected chi connectivity index (χ0v) is 12.4. The van der Waals surface area contributed by atoms with Gasteiger partial charge in [-0.3, -0.25) is 4.90 Å². The van der Waals surface area contributed by atoms with Crippen molar-refractivity contribution in [1.82, 2.24) is 34.9 Å². The number of anilines is 1. The Kier molecular flexibility index (Phi) is 3.00. The van der Waals surface area contributed by atoms with Crippen LogP contribution in [0.5, 0.6) is 0 Å². The molecule has 0 amide bonds. The van der Waals surface area contributed by atoms with E-state index >= 15 is 0 Å². The SMILES string of the molecule is CC(c1ncno1)N(C)C1CN(c2ccc3nncn3n2)C1. The Bertz CT molecular complexity index is 763. The van der Waals surface area contributed by atoms with Gasteiger partial charge in [0.25, 0.3) is 0 Å². The van der Waals surface area contributed by atoms with Crippen LogP contribution in [0.1, 0.15) is 18.9 Å². The van der Waals surface area contributed by atoms with Gasteiger partial charge in [-0.2, -0.15) is 9.50 Å². The number of aromatic nitrogens is 6. The molecule has 4 heterocycles. The summed E-state index contributed by atoms with van der Waals surface area (Å²) in [5.41, 5.74) is 0.753. The van der Waals surface area contributed by atoms with Crippen molar-refractivity contribution < 1.29 is 4.52 Å². The van der Waals surface area contributed by atoms with E-state index in [4.69, 9.17) is 4.52 Å². The van der Waals surface area contributed by atoms with Gasteiger partial charge in [-0.05, 0) is 26.1 Å². The van der Waals surface area contributed by atoms with Gasteiger partial charge in [-0.15, -0.1) is 15.3 Å². The minimum absolute atomic E-state index is 0.0999. The highest BCUT2D eigenvalue weighted by Crippen LogP contribution is 2.26. The molecule has 0 radical (unpaired) electrons. The Hall–Kier alpha value is -2.55. The molecular weight excluding hydrogens is 284 g/mol. The van der Waals surface area contributed by atoms with Gasteiger partial charge in [0.15, 0.2) is 12.0 Å². The van der Waals surface area contributed by atoms with Crippen LogP contribution in [0.3, 0.4) is 0 Å². The molecule has 3 aromatic rings.